The van der Waals surface area contributed by atoms with Crippen LogP contribution >= 0.6 is 0 Å². The predicted octanol–water partition coefficient (Wildman–Crippen LogP) is 0.422. The van der Waals surface area contributed by atoms with Gasteiger partial charge in [-0.15, -0.1) is 0 Å². The first kappa shape index (κ1) is 7.60. The molecular formula is C8H7N3O2. The summed E-state index contributed by atoms with van der Waals surface area (Å²) in [5.74, 6) is -0.956. The zero-order valence-corrected chi connectivity index (χ0v) is 6.64. The van der Waals surface area contributed by atoms with Crippen LogP contribution in [-0.4, -0.2) is 20.7 Å². The molecule has 0 radical (unpaired) electrons. The molecule has 0 saturated carbocycles. The van der Waals surface area contributed by atoms with Crippen molar-refractivity contribution in [2.45, 2.75) is 0 Å². The summed E-state index contributed by atoms with van der Waals surface area (Å²) in [5.41, 5.74) is 3.81. The van der Waals surface area contributed by atoms with E-state index in [-0.39, 0.29) is 5.57 Å². The molecule has 0 atom stereocenters. The maximum absolute atomic E-state index is 10.6. The molecular weight excluding hydrogens is 170 g/mol. The summed E-state index contributed by atoms with van der Waals surface area (Å²) in [4.78, 5) is 14.5. The molecule has 5 nitrogen and oxygen atoms in total. The summed E-state index contributed by atoms with van der Waals surface area (Å²) in [6, 6.07) is 0. The summed E-state index contributed by atoms with van der Waals surface area (Å²) in [7, 11) is 0. The Balaban J connectivity index is 2.37. The van der Waals surface area contributed by atoms with Crippen molar-refractivity contribution in [1.82, 2.24) is 9.66 Å². The van der Waals surface area contributed by atoms with Crippen LogP contribution in [0.25, 0.3) is 6.08 Å². The number of nitrogens with zero attached hydrogens (tertiary/aromatic N) is 2. The summed E-state index contributed by atoms with van der Waals surface area (Å²) < 4.78 is 1.63. The zero-order chi connectivity index (χ0) is 9.26. The number of carbonyl (C=O) groups is 1. The Kier molecular flexibility index (Phi) is 1.63. The lowest BCUT2D eigenvalue weighted by molar-refractivity contribution is -0.132. The van der Waals surface area contributed by atoms with Crippen molar-refractivity contribution < 1.29 is 9.90 Å². The molecule has 5 heteroatoms. The minimum Gasteiger partial charge on any atom is -0.478 e. The quantitative estimate of drug-likeness (QED) is 0.652. The van der Waals surface area contributed by atoms with E-state index in [2.05, 4.69) is 10.4 Å². The number of carboxylic acid groups (broad SMARTS) is 1. The van der Waals surface area contributed by atoms with Gasteiger partial charge in [-0.1, -0.05) is 0 Å². The summed E-state index contributed by atoms with van der Waals surface area (Å²) in [5, 5.41) is 8.70. The third kappa shape index (κ3) is 1.31. The lowest BCUT2D eigenvalue weighted by Crippen LogP contribution is -2.08. The van der Waals surface area contributed by atoms with Gasteiger partial charge in [-0.05, 0) is 12.2 Å². The molecule has 66 valence electrons. The highest BCUT2D eigenvalue weighted by atomic mass is 16.4. The van der Waals surface area contributed by atoms with Gasteiger partial charge >= 0.3 is 5.97 Å². The monoisotopic (exact) mass is 177 g/mol. The molecule has 2 N–H and O–H groups in total. The Hall–Kier alpha value is -2.04. The second-order valence-corrected chi connectivity index (χ2v) is 2.56. The van der Waals surface area contributed by atoms with Crippen molar-refractivity contribution in [3.63, 3.8) is 0 Å². The van der Waals surface area contributed by atoms with E-state index in [9.17, 15) is 4.79 Å². The van der Waals surface area contributed by atoms with Crippen molar-refractivity contribution in [3.8, 4) is 0 Å². The molecule has 0 aromatic carbocycles. The molecule has 2 heterocycles. The fourth-order valence-corrected chi connectivity index (χ4v) is 1.03. The third-order valence-electron chi connectivity index (χ3n) is 1.71. The van der Waals surface area contributed by atoms with Crippen LogP contribution in [0.2, 0.25) is 0 Å². The SMILES string of the molecule is O=C(O)C1=CNn2cncc2C=C1. The normalized spacial score (nSPS) is 14.0. The molecule has 0 fully saturated rings. The molecule has 13 heavy (non-hydrogen) atoms. The van der Waals surface area contributed by atoms with Crippen LogP contribution < -0.4 is 5.43 Å². The lowest BCUT2D eigenvalue weighted by atomic mass is 10.2. The molecule has 2 rings (SSSR count). The van der Waals surface area contributed by atoms with Gasteiger partial charge in [-0.3, -0.25) is 5.43 Å². The topological polar surface area (TPSA) is 67.2 Å². The van der Waals surface area contributed by atoms with Crippen LogP contribution in [0.4, 0.5) is 0 Å². The van der Waals surface area contributed by atoms with Crippen molar-refractivity contribution in [3.05, 3.63) is 36.1 Å². The number of hydrogen-bond donors (Lipinski definition) is 2. The fourth-order valence-electron chi connectivity index (χ4n) is 1.03. The van der Waals surface area contributed by atoms with Crippen molar-refractivity contribution in [1.29, 1.82) is 0 Å². The van der Waals surface area contributed by atoms with Gasteiger partial charge in [0, 0.05) is 6.20 Å². The van der Waals surface area contributed by atoms with E-state index in [1.165, 1.54) is 12.3 Å². The molecule has 0 unspecified atom stereocenters. The van der Waals surface area contributed by atoms with Gasteiger partial charge in [0.15, 0.2) is 0 Å². The van der Waals surface area contributed by atoms with Gasteiger partial charge in [0.05, 0.1) is 17.5 Å². The first-order valence-electron chi connectivity index (χ1n) is 3.68. The second-order valence-electron chi connectivity index (χ2n) is 2.56. The number of imidazole rings is 1. The van der Waals surface area contributed by atoms with Crippen LogP contribution in [0, 0.1) is 0 Å². The number of hydrogen-bond acceptors (Lipinski definition) is 3. The molecule has 1 aromatic rings. The first-order chi connectivity index (χ1) is 6.27. The lowest BCUT2D eigenvalue weighted by Gasteiger charge is -2.00. The molecule has 0 aliphatic carbocycles. The molecule has 1 aliphatic rings. The van der Waals surface area contributed by atoms with E-state index in [0.29, 0.717) is 0 Å². The average molecular weight is 177 g/mol. The highest BCUT2D eigenvalue weighted by Crippen LogP contribution is 2.08. The van der Waals surface area contributed by atoms with Gasteiger partial charge in [0.25, 0.3) is 0 Å². The summed E-state index contributed by atoms with van der Waals surface area (Å²) >= 11 is 0. The third-order valence-corrected chi connectivity index (χ3v) is 1.71. The Morgan fingerprint density at radius 3 is 3.15 bits per heavy atom. The first-order valence-corrected chi connectivity index (χ1v) is 3.68. The Labute approximate surface area is 74.0 Å². The van der Waals surface area contributed by atoms with Gasteiger partial charge in [0.2, 0.25) is 0 Å². The largest absolute Gasteiger partial charge is 0.478 e. The van der Waals surface area contributed by atoms with Crippen LogP contribution in [0.3, 0.4) is 0 Å². The van der Waals surface area contributed by atoms with E-state index in [4.69, 9.17) is 5.11 Å². The Morgan fingerprint density at radius 2 is 2.38 bits per heavy atom. The van der Waals surface area contributed by atoms with E-state index in [1.807, 2.05) is 0 Å². The highest BCUT2D eigenvalue weighted by molar-refractivity contribution is 5.91. The van der Waals surface area contributed by atoms with Crippen molar-refractivity contribution >= 4 is 12.0 Å². The van der Waals surface area contributed by atoms with Crippen LogP contribution in [0.1, 0.15) is 5.69 Å². The number of aromatic nitrogens is 2. The zero-order valence-electron chi connectivity index (χ0n) is 6.64. The van der Waals surface area contributed by atoms with Crippen LogP contribution in [-0.2, 0) is 4.79 Å². The molecule has 0 amide bonds. The Bertz CT molecular complexity index is 403. The van der Waals surface area contributed by atoms with Gasteiger partial charge in [-0.25, -0.2) is 14.5 Å². The fraction of sp³-hybridized carbons (Fsp3) is 0. The molecule has 0 saturated heterocycles. The minimum absolute atomic E-state index is 0.212. The summed E-state index contributed by atoms with van der Waals surface area (Å²) in [6.45, 7) is 0. The number of fused-ring (bicyclic) bond motifs is 1. The van der Waals surface area contributed by atoms with Crippen LogP contribution in [0.15, 0.2) is 30.4 Å². The van der Waals surface area contributed by atoms with Crippen molar-refractivity contribution in [2.75, 3.05) is 5.43 Å². The molecule has 0 bridgehead atoms. The van der Waals surface area contributed by atoms with Gasteiger partial charge in [-0.2, -0.15) is 0 Å². The van der Waals surface area contributed by atoms with E-state index >= 15 is 0 Å². The van der Waals surface area contributed by atoms with E-state index in [1.54, 1.807) is 23.3 Å². The standard InChI is InChI=1S/C8H7N3O2/c12-8(13)6-1-2-7-4-9-5-11(7)10-3-6/h1-5,10H,(H,12,13). The number of carboxylic acids is 1. The number of rotatable bonds is 1. The second kappa shape index (κ2) is 2.78. The minimum atomic E-state index is -0.956. The maximum Gasteiger partial charge on any atom is 0.337 e. The predicted molar refractivity (Wildman–Crippen MR) is 46.3 cm³/mol. The number of aliphatic carboxylic acids is 1. The number of nitrogens with one attached hydrogen (secondary N) is 1. The smallest absolute Gasteiger partial charge is 0.337 e. The highest BCUT2D eigenvalue weighted by Gasteiger charge is 2.07. The molecule has 0 spiro atoms. The van der Waals surface area contributed by atoms with Gasteiger partial charge < -0.3 is 5.11 Å². The molecule has 1 aliphatic heterocycles. The van der Waals surface area contributed by atoms with Crippen molar-refractivity contribution in [2.24, 2.45) is 0 Å². The van der Waals surface area contributed by atoms with E-state index in [0.717, 1.165) is 5.69 Å². The average Bonchev–Trinajstić information content (AvgIpc) is 2.44. The molecule has 1 aromatic heterocycles. The van der Waals surface area contributed by atoms with Crippen LogP contribution in [0.5, 0.6) is 0 Å². The summed E-state index contributed by atoms with van der Waals surface area (Å²) in [6.07, 6.45) is 7.84. The maximum atomic E-state index is 10.6. The van der Waals surface area contributed by atoms with Gasteiger partial charge in [0.1, 0.15) is 6.33 Å². The van der Waals surface area contributed by atoms with E-state index < -0.39 is 5.97 Å². The Morgan fingerprint density at radius 1 is 1.54 bits per heavy atom.